The van der Waals surface area contributed by atoms with E-state index in [2.05, 4.69) is 11.5 Å². The third kappa shape index (κ3) is 3.19. The highest BCUT2D eigenvalue weighted by atomic mass is 16.5. The van der Waals surface area contributed by atoms with Gasteiger partial charge in [-0.1, -0.05) is 12.5 Å². The molecule has 0 amide bonds. The molecule has 3 heterocycles. The number of piperidine rings is 1. The van der Waals surface area contributed by atoms with Crippen LogP contribution in [-0.2, 0) is 9.47 Å². The first-order chi connectivity index (χ1) is 10.4. The Hall–Kier alpha value is -0.420. The molecule has 3 aliphatic heterocycles. The van der Waals surface area contributed by atoms with Crippen molar-refractivity contribution in [1.82, 2.24) is 10.2 Å². The van der Waals surface area contributed by atoms with Gasteiger partial charge in [0.05, 0.1) is 19.3 Å². The van der Waals surface area contributed by atoms with E-state index in [4.69, 9.17) is 14.8 Å². The molecular formula is C17H29N2O2. The lowest BCUT2D eigenvalue weighted by Crippen LogP contribution is -2.70. The van der Waals surface area contributed by atoms with Crippen LogP contribution < -0.4 is 5.32 Å². The smallest absolute Gasteiger partial charge is 0.100 e. The van der Waals surface area contributed by atoms with Gasteiger partial charge in [-0.3, -0.25) is 4.90 Å². The molecule has 0 aliphatic carbocycles. The molecule has 3 fully saturated rings. The van der Waals surface area contributed by atoms with Gasteiger partial charge in [0.25, 0.3) is 0 Å². The summed E-state index contributed by atoms with van der Waals surface area (Å²) in [4.78, 5) is 2.56. The Balaban J connectivity index is 1.83. The SMILES string of the molecule is C=CCN1CCCCC1C1(C2CCCCO2)COCC[N]1. The molecule has 3 rings (SSSR count). The molecule has 4 heteroatoms. The van der Waals surface area contributed by atoms with Crippen molar-refractivity contribution in [1.29, 1.82) is 0 Å². The van der Waals surface area contributed by atoms with Crippen LogP contribution in [0.1, 0.15) is 38.5 Å². The van der Waals surface area contributed by atoms with Gasteiger partial charge in [0.15, 0.2) is 0 Å². The van der Waals surface area contributed by atoms with E-state index < -0.39 is 0 Å². The number of rotatable bonds is 4. The Labute approximate surface area is 128 Å². The van der Waals surface area contributed by atoms with Gasteiger partial charge >= 0.3 is 0 Å². The van der Waals surface area contributed by atoms with E-state index in [9.17, 15) is 0 Å². The number of likely N-dealkylation sites (tertiary alicyclic amines) is 1. The molecular weight excluding hydrogens is 264 g/mol. The normalized spacial score (nSPS) is 39.0. The van der Waals surface area contributed by atoms with Crippen molar-refractivity contribution in [2.75, 3.05) is 39.5 Å². The fourth-order valence-electron chi connectivity index (χ4n) is 4.29. The van der Waals surface area contributed by atoms with Crippen LogP contribution in [0.5, 0.6) is 0 Å². The predicted octanol–water partition coefficient (Wildman–Crippen LogP) is 1.97. The van der Waals surface area contributed by atoms with Crippen molar-refractivity contribution in [3.8, 4) is 0 Å². The average molecular weight is 293 g/mol. The number of nitrogens with zero attached hydrogens (tertiary/aromatic N) is 2. The van der Waals surface area contributed by atoms with E-state index in [0.29, 0.717) is 6.04 Å². The third-order valence-corrected chi connectivity index (χ3v) is 5.27. The number of morpholine rings is 1. The highest BCUT2D eigenvalue weighted by Crippen LogP contribution is 2.36. The van der Waals surface area contributed by atoms with Gasteiger partial charge in [-0.15, -0.1) is 6.58 Å². The van der Waals surface area contributed by atoms with E-state index in [-0.39, 0.29) is 11.6 Å². The summed E-state index contributed by atoms with van der Waals surface area (Å²) in [5.74, 6) is 0. The molecule has 4 nitrogen and oxygen atoms in total. The second kappa shape index (κ2) is 7.23. The van der Waals surface area contributed by atoms with Gasteiger partial charge in [-0.2, -0.15) is 0 Å². The number of ether oxygens (including phenoxy) is 2. The second-order valence-corrected chi connectivity index (χ2v) is 6.58. The summed E-state index contributed by atoms with van der Waals surface area (Å²) in [7, 11) is 0. The van der Waals surface area contributed by atoms with Gasteiger partial charge < -0.3 is 9.47 Å². The van der Waals surface area contributed by atoms with Crippen LogP contribution in [0.4, 0.5) is 0 Å². The second-order valence-electron chi connectivity index (χ2n) is 6.58. The van der Waals surface area contributed by atoms with Crippen molar-refractivity contribution in [2.24, 2.45) is 0 Å². The van der Waals surface area contributed by atoms with E-state index in [0.717, 1.165) is 45.9 Å². The van der Waals surface area contributed by atoms with Crippen LogP contribution in [-0.4, -0.2) is 62.0 Å². The Morgan fingerprint density at radius 3 is 2.81 bits per heavy atom. The summed E-state index contributed by atoms with van der Waals surface area (Å²) >= 11 is 0. The first-order valence-corrected chi connectivity index (χ1v) is 8.60. The molecule has 0 aromatic carbocycles. The molecule has 119 valence electrons. The van der Waals surface area contributed by atoms with Crippen LogP contribution >= 0.6 is 0 Å². The molecule has 3 aliphatic rings. The summed E-state index contributed by atoms with van der Waals surface area (Å²) in [6.07, 6.45) is 9.63. The molecule has 0 spiro atoms. The minimum Gasteiger partial charge on any atom is -0.378 e. The third-order valence-electron chi connectivity index (χ3n) is 5.27. The monoisotopic (exact) mass is 293 g/mol. The van der Waals surface area contributed by atoms with Crippen LogP contribution in [0, 0.1) is 0 Å². The quantitative estimate of drug-likeness (QED) is 0.744. The highest BCUT2D eigenvalue weighted by molar-refractivity contribution is 5.08. The molecule has 0 bridgehead atoms. The fourth-order valence-corrected chi connectivity index (χ4v) is 4.29. The van der Waals surface area contributed by atoms with Gasteiger partial charge in [-0.05, 0) is 38.6 Å². The molecule has 0 saturated carbocycles. The average Bonchev–Trinajstić information content (AvgIpc) is 2.57. The van der Waals surface area contributed by atoms with Gasteiger partial charge in [0.2, 0.25) is 0 Å². The summed E-state index contributed by atoms with van der Waals surface area (Å²) in [6.45, 7) is 9.24. The summed E-state index contributed by atoms with van der Waals surface area (Å²) in [5, 5.41) is 5.11. The molecule has 1 radical (unpaired) electrons. The predicted molar refractivity (Wildman–Crippen MR) is 83.6 cm³/mol. The van der Waals surface area contributed by atoms with Crippen molar-refractivity contribution >= 4 is 0 Å². The van der Waals surface area contributed by atoms with Gasteiger partial charge in [-0.25, -0.2) is 5.32 Å². The number of hydrogen-bond acceptors (Lipinski definition) is 3. The van der Waals surface area contributed by atoms with E-state index in [1.54, 1.807) is 0 Å². The van der Waals surface area contributed by atoms with Crippen LogP contribution in [0.25, 0.3) is 0 Å². The van der Waals surface area contributed by atoms with Gasteiger partial charge in [0.1, 0.15) is 5.54 Å². The maximum absolute atomic E-state index is 6.17. The molecule has 3 atom stereocenters. The van der Waals surface area contributed by atoms with Crippen LogP contribution in [0.15, 0.2) is 12.7 Å². The summed E-state index contributed by atoms with van der Waals surface area (Å²) in [6, 6.07) is 0.452. The van der Waals surface area contributed by atoms with Crippen LogP contribution in [0.3, 0.4) is 0 Å². The summed E-state index contributed by atoms with van der Waals surface area (Å²) in [5.41, 5.74) is -0.151. The zero-order valence-electron chi connectivity index (χ0n) is 13.1. The molecule has 0 aromatic rings. The lowest BCUT2D eigenvalue weighted by atomic mass is 9.76. The standard InChI is InChI=1S/C17H29N2O2/c1-2-10-19-11-5-3-7-15(19)17(14-20-13-9-18-17)16-8-4-6-12-21-16/h2,15-16H,1,3-14H2. The lowest BCUT2D eigenvalue weighted by Gasteiger charge is -2.53. The lowest BCUT2D eigenvalue weighted by molar-refractivity contribution is -0.129. The van der Waals surface area contributed by atoms with Crippen molar-refractivity contribution in [2.45, 2.75) is 56.2 Å². The van der Waals surface area contributed by atoms with Crippen molar-refractivity contribution in [3.63, 3.8) is 0 Å². The maximum atomic E-state index is 6.17. The minimum absolute atomic E-state index is 0.151. The minimum atomic E-state index is -0.151. The topological polar surface area (TPSA) is 35.8 Å². The highest BCUT2D eigenvalue weighted by Gasteiger charge is 2.51. The maximum Gasteiger partial charge on any atom is 0.100 e. The van der Waals surface area contributed by atoms with E-state index in [1.165, 1.54) is 32.1 Å². The molecule has 21 heavy (non-hydrogen) atoms. The van der Waals surface area contributed by atoms with E-state index >= 15 is 0 Å². The first-order valence-electron chi connectivity index (χ1n) is 8.60. The number of hydrogen-bond donors (Lipinski definition) is 0. The molecule has 3 unspecified atom stereocenters. The van der Waals surface area contributed by atoms with Crippen LogP contribution in [0.2, 0.25) is 0 Å². The Morgan fingerprint density at radius 2 is 2.10 bits per heavy atom. The first kappa shape index (κ1) is 15.5. The largest absolute Gasteiger partial charge is 0.378 e. The molecule has 0 N–H and O–H groups in total. The molecule has 0 aromatic heterocycles. The van der Waals surface area contributed by atoms with Gasteiger partial charge in [0, 0.05) is 25.7 Å². The summed E-state index contributed by atoms with van der Waals surface area (Å²) < 4.78 is 12.1. The van der Waals surface area contributed by atoms with Crippen molar-refractivity contribution in [3.05, 3.63) is 12.7 Å². The zero-order valence-corrected chi connectivity index (χ0v) is 13.1. The fraction of sp³-hybridized carbons (Fsp3) is 0.882. The zero-order chi connectivity index (χ0) is 14.5. The van der Waals surface area contributed by atoms with E-state index in [1.807, 2.05) is 6.08 Å². The van der Waals surface area contributed by atoms with Crippen molar-refractivity contribution < 1.29 is 9.47 Å². The Morgan fingerprint density at radius 1 is 1.19 bits per heavy atom. The Kier molecular flexibility index (Phi) is 5.33. The Bertz CT molecular complexity index is 336. The molecule has 3 saturated heterocycles.